The van der Waals surface area contributed by atoms with Crippen LogP contribution in [0.2, 0.25) is 0 Å². The van der Waals surface area contributed by atoms with Crippen LogP contribution in [0.5, 0.6) is 0 Å². The van der Waals surface area contributed by atoms with E-state index in [1.807, 2.05) is 37.3 Å². The fraction of sp³-hybridized carbons (Fsp3) is 0.375. The van der Waals surface area contributed by atoms with Gasteiger partial charge < -0.3 is 10.2 Å². The SMILES string of the molecule is CC(SSc1ccccn1)c1ccccc1C(=O)NCCCCCC(=O)ON1C(=O)CC(S(=O)(=O)O)C1=O. The quantitative estimate of drug-likeness (QED) is 0.154. The molecule has 38 heavy (non-hydrogen) atoms. The minimum atomic E-state index is -4.77. The number of pyridine rings is 1. The summed E-state index contributed by atoms with van der Waals surface area (Å²) >= 11 is 0. The molecule has 2 N–H and O–H groups in total. The maximum absolute atomic E-state index is 12.8. The van der Waals surface area contributed by atoms with Gasteiger partial charge in [-0.3, -0.25) is 18.9 Å². The molecule has 2 heterocycles. The number of aromatic nitrogens is 1. The van der Waals surface area contributed by atoms with Gasteiger partial charge >= 0.3 is 5.97 Å². The molecule has 1 saturated heterocycles. The minimum Gasteiger partial charge on any atom is -0.352 e. The molecule has 3 amide bonds. The normalized spacial score (nSPS) is 16.4. The predicted octanol–water partition coefficient (Wildman–Crippen LogP) is 3.35. The van der Waals surface area contributed by atoms with Crippen molar-refractivity contribution < 1.29 is 37.0 Å². The molecule has 2 atom stereocenters. The lowest BCUT2D eigenvalue weighted by Gasteiger charge is -2.15. The Bertz CT molecular complexity index is 1270. The average Bonchev–Trinajstić information content (AvgIpc) is 3.18. The van der Waals surface area contributed by atoms with Crippen molar-refractivity contribution in [2.45, 2.75) is 54.6 Å². The Morgan fingerprint density at radius 2 is 1.89 bits per heavy atom. The van der Waals surface area contributed by atoms with Gasteiger partial charge in [-0.25, -0.2) is 9.78 Å². The van der Waals surface area contributed by atoms with Gasteiger partial charge in [0.15, 0.2) is 5.25 Å². The second-order valence-corrected chi connectivity index (χ2v) is 12.5. The summed E-state index contributed by atoms with van der Waals surface area (Å²) in [7, 11) is -1.62. The van der Waals surface area contributed by atoms with Crippen LogP contribution in [0.25, 0.3) is 0 Å². The van der Waals surface area contributed by atoms with Gasteiger partial charge in [0.25, 0.3) is 27.8 Å². The lowest BCUT2D eigenvalue weighted by molar-refractivity contribution is -0.197. The first kappa shape index (κ1) is 29.6. The molecule has 2 aromatic rings. The Morgan fingerprint density at radius 3 is 2.58 bits per heavy atom. The number of unbranched alkanes of at least 4 members (excludes halogenated alkanes) is 2. The summed E-state index contributed by atoms with van der Waals surface area (Å²) < 4.78 is 31.3. The van der Waals surface area contributed by atoms with E-state index in [9.17, 15) is 27.6 Å². The van der Waals surface area contributed by atoms with Crippen LogP contribution >= 0.6 is 21.6 Å². The summed E-state index contributed by atoms with van der Waals surface area (Å²) in [5.74, 6) is -3.39. The van der Waals surface area contributed by atoms with E-state index in [-0.39, 0.29) is 22.6 Å². The maximum Gasteiger partial charge on any atom is 0.333 e. The summed E-state index contributed by atoms with van der Waals surface area (Å²) in [5, 5.41) is 1.94. The molecule has 14 heteroatoms. The minimum absolute atomic E-state index is 0.0390. The molecule has 2 unspecified atom stereocenters. The van der Waals surface area contributed by atoms with Gasteiger partial charge in [0, 0.05) is 30.0 Å². The van der Waals surface area contributed by atoms with Crippen molar-refractivity contribution in [3.05, 3.63) is 59.8 Å². The predicted molar refractivity (Wildman–Crippen MR) is 141 cm³/mol. The van der Waals surface area contributed by atoms with Gasteiger partial charge in [-0.05, 0) is 54.3 Å². The Hall–Kier alpha value is -2.94. The number of nitrogens with zero attached hydrogens (tertiary/aromatic N) is 2. The molecule has 0 radical (unpaired) electrons. The number of hydrogen-bond acceptors (Lipinski definition) is 10. The smallest absolute Gasteiger partial charge is 0.333 e. The third-order valence-electron chi connectivity index (χ3n) is 5.52. The van der Waals surface area contributed by atoms with Crippen LogP contribution in [0.15, 0.2) is 53.7 Å². The summed E-state index contributed by atoms with van der Waals surface area (Å²) in [4.78, 5) is 57.4. The highest BCUT2D eigenvalue weighted by atomic mass is 33.1. The van der Waals surface area contributed by atoms with Crippen molar-refractivity contribution in [3.8, 4) is 0 Å². The van der Waals surface area contributed by atoms with Crippen LogP contribution in [-0.2, 0) is 29.3 Å². The number of hydroxylamine groups is 2. The second kappa shape index (κ2) is 13.7. The highest BCUT2D eigenvalue weighted by Gasteiger charge is 2.48. The van der Waals surface area contributed by atoms with E-state index in [0.717, 1.165) is 10.6 Å². The van der Waals surface area contributed by atoms with Gasteiger partial charge in [-0.1, -0.05) is 41.5 Å². The maximum atomic E-state index is 12.8. The van der Waals surface area contributed by atoms with E-state index in [2.05, 4.69) is 15.1 Å². The molecule has 1 fully saturated rings. The van der Waals surface area contributed by atoms with Crippen molar-refractivity contribution in [1.82, 2.24) is 15.4 Å². The molecular formula is C24H27N3O8S3. The van der Waals surface area contributed by atoms with Gasteiger partial charge in [-0.2, -0.15) is 8.42 Å². The molecule has 0 spiro atoms. The average molecular weight is 582 g/mol. The zero-order valence-electron chi connectivity index (χ0n) is 20.4. The van der Waals surface area contributed by atoms with Crippen molar-refractivity contribution >= 4 is 55.4 Å². The van der Waals surface area contributed by atoms with Gasteiger partial charge in [0.05, 0.1) is 6.42 Å². The molecule has 0 saturated carbocycles. The standard InChI is InChI=1S/C24H27N3O8S3/c1-16(36-37-20-11-6-8-13-25-20)17-9-4-5-10-18(17)23(30)26-14-7-2-3-12-22(29)35-27-21(28)15-19(24(27)31)38(32,33)34/h4-6,8-11,13,16,19H,2-3,7,12,14-15H2,1H3,(H,26,30)(H,32,33,34). The first-order valence-corrected chi connectivity index (χ1v) is 15.4. The Balaban J connectivity index is 1.38. The highest BCUT2D eigenvalue weighted by Crippen LogP contribution is 2.42. The molecule has 0 bridgehead atoms. The molecule has 0 aliphatic carbocycles. The summed E-state index contributed by atoms with van der Waals surface area (Å²) in [6, 6.07) is 13.1. The number of carbonyl (C=O) groups excluding carboxylic acids is 4. The monoisotopic (exact) mass is 581 g/mol. The van der Waals surface area contributed by atoms with E-state index in [0.29, 0.717) is 31.4 Å². The highest BCUT2D eigenvalue weighted by molar-refractivity contribution is 8.76. The number of rotatable bonds is 13. The number of hydrogen-bond donors (Lipinski definition) is 2. The Morgan fingerprint density at radius 1 is 1.16 bits per heavy atom. The van der Waals surface area contributed by atoms with Gasteiger partial charge in [0.2, 0.25) is 0 Å². The molecule has 11 nitrogen and oxygen atoms in total. The van der Waals surface area contributed by atoms with Crippen molar-refractivity contribution in [2.75, 3.05) is 6.54 Å². The molecular weight excluding hydrogens is 554 g/mol. The van der Waals surface area contributed by atoms with Crippen LogP contribution in [-0.4, -0.2) is 58.5 Å². The van der Waals surface area contributed by atoms with Crippen molar-refractivity contribution in [3.63, 3.8) is 0 Å². The van der Waals surface area contributed by atoms with Crippen molar-refractivity contribution in [2.24, 2.45) is 0 Å². The molecule has 1 aliphatic heterocycles. The Kier molecular flexibility index (Phi) is 10.7. The van der Waals surface area contributed by atoms with Crippen LogP contribution in [0.4, 0.5) is 0 Å². The van der Waals surface area contributed by atoms with E-state index in [4.69, 9.17) is 4.55 Å². The molecule has 3 rings (SSSR count). The number of carbonyl (C=O) groups is 4. The van der Waals surface area contributed by atoms with Crippen LogP contribution < -0.4 is 5.32 Å². The van der Waals surface area contributed by atoms with Crippen molar-refractivity contribution in [1.29, 1.82) is 0 Å². The van der Waals surface area contributed by atoms with E-state index < -0.39 is 39.6 Å². The van der Waals surface area contributed by atoms with E-state index in [1.165, 1.54) is 0 Å². The van der Waals surface area contributed by atoms with E-state index in [1.54, 1.807) is 39.9 Å². The number of imide groups is 1. The van der Waals surface area contributed by atoms with Crippen LogP contribution in [0.3, 0.4) is 0 Å². The third kappa shape index (κ3) is 8.28. The molecule has 1 aromatic carbocycles. The second-order valence-electron chi connectivity index (χ2n) is 8.34. The number of nitrogens with one attached hydrogen (secondary N) is 1. The molecule has 1 aliphatic rings. The van der Waals surface area contributed by atoms with Gasteiger partial charge in [0.1, 0.15) is 5.03 Å². The summed E-state index contributed by atoms with van der Waals surface area (Å²) in [5.41, 5.74) is 1.49. The topological polar surface area (TPSA) is 160 Å². The van der Waals surface area contributed by atoms with Crippen LogP contribution in [0.1, 0.15) is 60.2 Å². The summed E-state index contributed by atoms with van der Waals surface area (Å²) in [6.07, 6.45) is 2.32. The van der Waals surface area contributed by atoms with Crippen LogP contribution in [0, 0.1) is 0 Å². The Labute approximate surface area is 228 Å². The summed E-state index contributed by atoms with van der Waals surface area (Å²) in [6.45, 7) is 2.41. The fourth-order valence-corrected chi connectivity index (χ4v) is 6.38. The number of benzene rings is 1. The zero-order valence-corrected chi connectivity index (χ0v) is 22.9. The van der Waals surface area contributed by atoms with E-state index >= 15 is 0 Å². The number of amides is 3. The third-order valence-corrected chi connectivity index (χ3v) is 9.32. The zero-order chi connectivity index (χ0) is 27.7. The van der Waals surface area contributed by atoms with Gasteiger partial charge in [-0.15, -0.1) is 5.06 Å². The first-order chi connectivity index (χ1) is 18.1. The lowest BCUT2D eigenvalue weighted by atomic mass is 10.0. The lowest BCUT2D eigenvalue weighted by Crippen LogP contribution is -2.36. The molecule has 204 valence electrons. The first-order valence-electron chi connectivity index (χ1n) is 11.7. The fourth-order valence-electron chi connectivity index (χ4n) is 3.55. The largest absolute Gasteiger partial charge is 0.352 e. The molecule has 1 aromatic heterocycles.